The van der Waals surface area contributed by atoms with Crippen LogP contribution >= 0.6 is 0 Å². The Kier molecular flexibility index (Phi) is 505. The molecule has 72 valence electrons. The molecule has 0 aliphatic heterocycles. The summed E-state index contributed by atoms with van der Waals surface area (Å²) in [5.41, 5.74) is 0. The van der Waals surface area contributed by atoms with Gasteiger partial charge in [-0.15, -0.1) is 13.2 Å². The van der Waals surface area contributed by atoms with Crippen LogP contribution in [-0.2, 0) is 0 Å². The van der Waals surface area contributed by atoms with Crippen LogP contribution in [0.5, 0.6) is 0 Å². The molecule has 0 rings (SSSR count). The second-order valence-corrected chi connectivity index (χ2v) is 0.577. The third-order valence-corrected chi connectivity index (χ3v) is 0. The minimum Gasteiger partial charge on any atom is -1.00 e. The van der Waals surface area contributed by atoms with E-state index in [9.17, 15) is 0 Å². The number of quaternary nitrogens is 3. The molecule has 0 radical (unpaired) electrons. The second-order valence-electron chi connectivity index (χ2n) is 0.577. The highest BCUT2D eigenvalue weighted by molar-refractivity contribution is 3.80. The topological polar surface area (TPSA) is 156 Å². The molecular formula is C4H22IN3O2. The zero-order valence-electron chi connectivity index (χ0n) is 7.61. The van der Waals surface area contributed by atoms with Gasteiger partial charge in [-0.25, -0.2) is 0 Å². The van der Waals surface area contributed by atoms with Gasteiger partial charge in [0.2, 0.25) is 0 Å². The van der Waals surface area contributed by atoms with Gasteiger partial charge in [0.05, 0.1) is 0 Å². The van der Waals surface area contributed by atoms with Gasteiger partial charge in [0.1, 0.15) is 0 Å². The lowest BCUT2D eigenvalue weighted by molar-refractivity contribution is -0.362. The number of rotatable bonds is 0. The average Bonchev–Trinajstić information content (AvgIpc) is 1.39. The molecule has 0 amide bonds. The maximum absolute atomic E-state index is 8.93. The standard InChI is InChI=1S/2C2H5O.HI.3H3N/c2*1-2-3;;;;/h2*2H2,1H3;1H;3*1H3/q2*-1;;;;/p+2. The molecule has 0 saturated heterocycles. The van der Waals surface area contributed by atoms with E-state index >= 15 is 0 Å². The minimum absolute atomic E-state index is 0. The van der Waals surface area contributed by atoms with Crippen molar-refractivity contribution in [1.82, 2.24) is 18.5 Å². The van der Waals surface area contributed by atoms with Crippen molar-refractivity contribution in [3.63, 3.8) is 0 Å². The fourth-order valence-electron chi connectivity index (χ4n) is 0. The normalized spacial score (nSPS) is 3.60. The molecule has 0 aliphatic carbocycles. The van der Waals surface area contributed by atoms with Crippen molar-refractivity contribution in [3.8, 4) is 0 Å². The molecule has 6 heteroatoms. The van der Waals surface area contributed by atoms with Crippen LogP contribution in [0.1, 0.15) is 13.8 Å². The third-order valence-electron chi connectivity index (χ3n) is 0. The SMILES string of the molecule is CC[O-].CC[O-].[I-].[NH4+].[NH4+].[NH4+]. The van der Waals surface area contributed by atoms with Gasteiger partial charge < -0.3 is 52.6 Å². The van der Waals surface area contributed by atoms with Crippen LogP contribution in [0.15, 0.2) is 0 Å². The first kappa shape index (κ1) is 46.6. The molecule has 0 unspecified atom stereocenters. The molecule has 0 heterocycles. The molecule has 0 aliphatic rings. The number of hydrogen-bond acceptors (Lipinski definition) is 2. The summed E-state index contributed by atoms with van der Waals surface area (Å²) in [7, 11) is 0. The summed E-state index contributed by atoms with van der Waals surface area (Å²) in [4.78, 5) is 0. The smallest absolute Gasteiger partial charge is 0.0809 e. The maximum atomic E-state index is 8.93. The number of hydrogen-bond donors (Lipinski definition) is 3. The maximum Gasteiger partial charge on any atom is -0.0809 e. The van der Waals surface area contributed by atoms with Crippen LogP contribution in [0.3, 0.4) is 0 Å². The van der Waals surface area contributed by atoms with Crippen molar-refractivity contribution in [2.45, 2.75) is 13.8 Å². The zero-order chi connectivity index (χ0) is 5.41. The van der Waals surface area contributed by atoms with Crippen molar-refractivity contribution in [2.75, 3.05) is 13.2 Å². The van der Waals surface area contributed by atoms with E-state index in [4.69, 9.17) is 10.2 Å². The van der Waals surface area contributed by atoms with Gasteiger partial charge in [0, 0.05) is 0 Å². The Bertz CT molecular complexity index is 20.5. The molecule has 12 N–H and O–H groups in total. The summed E-state index contributed by atoms with van der Waals surface area (Å²) < 4.78 is 0. The Hall–Kier alpha value is 0.530. The van der Waals surface area contributed by atoms with Crippen LogP contribution in [-0.4, -0.2) is 13.2 Å². The van der Waals surface area contributed by atoms with Gasteiger partial charge in [-0.3, -0.25) is 0 Å². The van der Waals surface area contributed by atoms with Gasteiger partial charge in [-0.2, -0.15) is 0 Å². The van der Waals surface area contributed by atoms with E-state index in [0.29, 0.717) is 0 Å². The lowest BCUT2D eigenvalue weighted by atomic mass is 10.9. The van der Waals surface area contributed by atoms with E-state index in [2.05, 4.69) is 0 Å². The van der Waals surface area contributed by atoms with Crippen LogP contribution in [0.2, 0.25) is 0 Å². The predicted molar refractivity (Wildman–Crippen MR) is 39.0 cm³/mol. The Morgan fingerprint density at radius 2 is 0.800 bits per heavy atom. The zero-order valence-corrected chi connectivity index (χ0v) is 9.77. The summed E-state index contributed by atoms with van der Waals surface area (Å²) in [6, 6.07) is 0. The minimum atomic E-state index is 0. The first-order valence-corrected chi connectivity index (χ1v) is 1.99. The van der Waals surface area contributed by atoms with Crippen LogP contribution in [0, 0.1) is 0 Å². The van der Waals surface area contributed by atoms with Gasteiger partial charge >= 0.3 is 0 Å². The average molecular weight is 271 g/mol. The molecule has 0 saturated carbocycles. The first-order chi connectivity index (χ1) is 2.83. The lowest BCUT2D eigenvalue weighted by Crippen LogP contribution is -3.00. The van der Waals surface area contributed by atoms with E-state index in [-0.39, 0.29) is 55.6 Å². The fraction of sp³-hybridized carbons (Fsp3) is 1.00. The van der Waals surface area contributed by atoms with Crippen LogP contribution < -0.4 is 52.6 Å². The molecule has 0 spiro atoms. The largest absolute Gasteiger partial charge is 1.00 e. The van der Waals surface area contributed by atoms with Crippen molar-refractivity contribution >= 4 is 0 Å². The summed E-state index contributed by atoms with van der Waals surface area (Å²) in [5.74, 6) is 0. The Labute approximate surface area is 80.0 Å². The van der Waals surface area contributed by atoms with Gasteiger partial charge in [-0.1, -0.05) is 13.8 Å². The predicted octanol–water partition coefficient (Wildman–Crippen LogP) is -3.13. The van der Waals surface area contributed by atoms with Gasteiger partial charge in [0.25, 0.3) is 0 Å². The molecule has 0 atom stereocenters. The van der Waals surface area contributed by atoms with Crippen LogP contribution in [0.25, 0.3) is 0 Å². The molecule has 10 heavy (non-hydrogen) atoms. The summed E-state index contributed by atoms with van der Waals surface area (Å²) in [6.45, 7) is 3.14. The fourth-order valence-corrected chi connectivity index (χ4v) is 0. The highest BCUT2D eigenvalue weighted by Crippen LogP contribution is 1.18. The quantitative estimate of drug-likeness (QED) is 0.398. The van der Waals surface area contributed by atoms with Gasteiger partial charge in [0.15, 0.2) is 0 Å². The van der Waals surface area contributed by atoms with Crippen molar-refractivity contribution in [3.05, 3.63) is 0 Å². The van der Waals surface area contributed by atoms with E-state index in [0.717, 1.165) is 0 Å². The highest BCUT2D eigenvalue weighted by atomic mass is 127. The van der Waals surface area contributed by atoms with E-state index in [1.807, 2.05) is 0 Å². The Balaban J connectivity index is -0.00000000571. The summed E-state index contributed by atoms with van der Waals surface area (Å²) >= 11 is 0. The second kappa shape index (κ2) is 108. The number of halogens is 1. The molecule has 5 nitrogen and oxygen atoms in total. The summed E-state index contributed by atoms with van der Waals surface area (Å²) in [6.07, 6.45) is 0. The Morgan fingerprint density at radius 3 is 0.800 bits per heavy atom. The molecular weight excluding hydrogens is 249 g/mol. The lowest BCUT2D eigenvalue weighted by Gasteiger charge is -1.79. The molecule has 0 bridgehead atoms. The molecule has 0 aromatic heterocycles. The van der Waals surface area contributed by atoms with E-state index in [1.54, 1.807) is 13.8 Å². The monoisotopic (exact) mass is 271 g/mol. The van der Waals surface area contributed by atoms with E-state index in [1.165, 1.54) is 0 Å². The molecule has 0 aromatic rings. The third kappa shape index (κ3) is 1720. The van der Waals surface area contributed by atoms with Crippen molar-refractivity contribution in [2.24, 2.45) is 0 Å². The summed E-state index contributed by atoms with van der Waals surface area (Å²) in [5, 5.41) is 17.9. The van der Waals surface area contributed by atoms with Crippen molar-refractivity contribution in [1.29, 1.82) is 0 Å². The molecule has 0 fully saturated rings. The van der Waals surface area contributed by atoms with Crippen molar-refractivity contribution < 1.29 is 34.2 Å². The van der Waals surface area contributed by atoms with E-state index < -0.39 is 0 Å². The highest BCUT2D eigenvalue weighted by Gasteiger charge is 1.16. The molecule has 0 aromatic carbocycles. The first-order valence-electron chi connectivity index (χ1n) is 1.99. The van der Waals surface area contributed by atoms with Crippen LogP contribution in [0.4, 0.5) is 0 Å². The van der Waals surface area contributed by atoms with Gasteiger partial charge in [-0.05, 0) is 0 Å². The Morgan fingerprint density at radius 1 is 0.800 bits per heavy atom.